The molecule has 0 aliphatic rings. The van der Waals surface area contributed by atoms with Crippen LogP contribution in [0.15, 0.2) is 54.6 Å². The van der Waals surface area contributed by atoms with Crippen LogP contribution < -0.4 is 10.5 Å². The van der Waals surface area contributed by atoms with Gasteiger partial charge in [0.25, 0.3) is 5.91 Å². The van der Waals surface area contributed by atoms with Crippen LogP contribution in [0.3, 0.4) is 0 Å². The van der Waals surface area contributed by atoms with Crippen molar-refractivity contribution in [2.45, 2.75) is 13.5 Å². The van der Waals surface area contributed by atoms with Gasteiger partial charge in [0.15, 0.2) is 0 Å². The number of benzene rings is 2. The van der Waals surface area contributed by atoms with Gasteiger partial charge in [-0.05, 0) is 36.8 Å². The Morgan fingerprint density at radius 1 is 1.09 bits per heavy atom. The van der Waals surface area contributed by atoms with E-state index in [1.165, 1.54) is 0 Å². The van der Waals surface area contributed by atoms with Crippen LogP contribution >= 0.6 is 0 Å². The first-order valence-corrected chi connectivity index (χ1v) is 7.50. The van der Waals surface area contributed by atoms with Crippen LogP contribution in [0.25, 0.3) is 0 Å². The molecule has 4 nitrogen and oxygen atoms in total. The Bertz CT molecular complexity index is 582. The van der Waals surface area contributed by atoms with Gasteiger partial charge < -0.3 is 15.4 Å². The molecule has 22 heavy (non-hydrogen) atoms. The van der Waals surface area contributed by atoms with Crippen molar-refractivity contribution in [3.63, 3.8) is 0 Å². The SMILES string of the molecule is CCOc1ccc(C(=O)N(CCN)Cc2ccccc2)cc1. The Morgan fingerprint density at radius 2 is 1.77 bits per heavy atom. The van der Waals surface area contributed by atoms with E-state index in [4.69, 9.17) is 10.5 Å². The normalized spacial score (nSPS) is 10.3. The fraction of sp³-hybridized carbons (Fsp3) is 0.278. The summed E-state index contributed by atoms with van der Waals surface area (Å²) in [7, 11) is 0. The van der Waals surface area contributed by atoms with Crippen LogP contribution in [0, 0.1) is 0 Å². The molecular weight excluding hydrogens is 276 g/mol. The second-order valence-corrected chi connectivity index (χ2v) is 4.96. The highest BCUT2D eigenvalue weighted by Crippen LogP contribution is 2.15. The van der Waals surface area contributed by atoms with E-state index in [0.717, 1.165) is 11.3 Å². The van der Waals surface area contributed by atoms with Crippen LogP contribution in [0.5, 0.6) is 5.75 Å². The molecule has 2 aromatic carbocycles. The zero-order chi connectivity index (χ0) is 15.8. The molecule has 1 amide bonds. The molecule has 0 bridgehead atoms. The lowest BCUT2D eigenvalue weighted by Gasteiger charge is -2.22. The molecule has 0 spiro atoms. The van der Waals surface area contributed by atoms with E-state index in [1.54, 1.807) is 17.0 Å². The lowest BCUT2D eigenvalue weighted by Crippen LogP contribution is -2.34. The molecule has 0 unspecified atom stereocenters. The van der Waals surface area contributed by atoms with Crippen LogP contribution in [0.2, 0.25) is 0 Å². The molecule has 0 aromatic heterocycles. The average molecular weight is 298 g/mol. The molecule has 116 valence electrons. The molecular formula is C18H22N2O2. The molecule has 2 rings (SSSR count). The van der Waals surface area contributed by atoms with Crippen molar-refractivity contribution in [2.75, 3.05) is 19.7 Å². The summed E-state index contributed by atoms with van der Waals surface area (Å²) in [5.41, 5.74) is 7.39. The zero-order valence-corrected chi connectivity index (χ0v) is 12.9. The number of rotatable bonds is 7. The van der Waals surface area contributed by atoms with Gasteiger partial charge in [-0.25, -0.2) is 0 Å². The molecule has 0 aliphatic carbocycles. The van der Waals surface area contributed by atoms with E-state index in [0.29, 0.717) is 31.8 Å². The summed E-state index contributed by atoms with van der Waals surface area (Å²) in [6.07, 6.45) is 0. The standard InChI is InChI=1S/C18H22N2O2/c1-2-22-17-10-8-16(9-11-17)18(21)20(13-12-19)14-15-6-4-3-5-7-15/h3-11H,2,12-14,19H2,1H3. The lowest BCUT2D eigenvalue weighted by atomic mass is 10.1. The first-order chi connectivity index (χ1) is 10.7. The summed E-state index contributed by atoms with van der Waals surface area (Å²) in [4.78, 5) is 14.4. The number of carbonyl (C=O) groups excluding carboxylic acids is 1. The predicted molar refractivity (Wildman–Crippen MR) is 87.8 cm³/mol. The summed E-state index contributed by atoms with van der Waals surface area (Å²) in [5.74, 6) is 0.754. The second kappa shape index (κ2) is 8.20. The van der Waals surface area contributed by atoms with Crippen LogP contribution in [0.1, 0.15) is 22.8 Å². The van der Waals surface area contributed by atoms with Gasteiger partial charge in [0, 0.05) is 25.2 Å². The monoisotopic (exact) mass is 298 g/mol. The fourth-order valence-corrected chi connectivity index (χ4v) is 2.26. The summed E-state index contributed by atoms with van der Waals surface area (Å²) in [5, 5.41) is 0. The average Bonchev–Trinajstić information content (AvgIpc) is 2.56. The number of ether oxygens (including phenoxy) is 1. The third-order valence-corrected chi connectivity index (χ3v) is 3.31. The van der Waals surface area contributed by atoms with Crippen molar-refractivity contribution in [3.05, 3.63) is 65.7 Å². The van der Waals surface area contributed by atoms with Crippen molar-refractivity contribution in [1.29, 1.82) is 0 Å². The molecule has 0 saturated heterocycles. The summed E-state index contributed by atoms with van der Waals surface area (Å²) in [6.45, 7) is 4.07. The molecule has 4 heteroatoms. The minimum absolute atomic E-state index is 0.0163. The summed E-state index contributed by atoms with van der Waals surface area (Å²) in [6, 6.07) is 17.1. The number of nitrogens with zero attached hydrogens (tertiary/aromatic N) is 1. The largest absolute Gasteiger partial charge is 0.494 e. The van der Waals surface area contributed by atoms with Gasteiger partial charge >= 0.3 is 0 Å². The third kappa shape index (κ3) is 4.33. The van der Waals surface area contributed by atoms with Gasteiger partial charge in [0.2, 0.25) is 0 Å². The third-order valence-electron chi connectivity index (χ3n) is 3.31. The smallest absolute Gasteiger partial charge is 0.254 e. The highest BCUT2D eigenvalue weighted by molar-refractivity contribution is 5.94. The van der Waals surface area contributed by atoms with E-state index in [-0.39, 0.29) is 5.91 Å². The van der Waals surface area contributed by atoms with E-state index in [2.05, 4.69) is 0 Å². The van der Waals surface area contributed by atoms with Gasteiger partial charge in [0.05, 0.1) is 6.61 Å². The predicted octanol–water partition coefficient (Wildman–Crippen LogP) is 2.69. The quantitative estimate of drug-likeness (QED) is 0.855. The van der Waals surface area contributed by atoms with Crippen molar-refractivity contribution in [1.82, 2.24) is 4.90 Å². The summed E-state index contributed by atoms with van der Waals surface area (Å²) >= 11 is 0. The van der Waals surface area contributed by atoms with Crippen LogP contribution in [-0.4, -0.2) is 30.5 Å². The number of hydrogen-bond acceptors (Lipinski definition) is 3. The zero-order valence-electron chi connectivity index (χ0n) is 12.9. The lowest BCUT2D eigenvalue weighted by molar-refractivity contribution is 0.0748. The van der Waals surface area contributed by atoms with Gasteiger partial charge in [-0.15, -0.1) is 0 Å². The van der Waals surface area contributed by atoms with Crippen LogP contribution in [0.4, 0.5) is 0 Å². The Labute approximate surface area is 131 Å². The number of amides is 1. The molecule has 0 radical (unpaired) electrons. The number of nitrogens with two attached hydrogens (primary N) is 1. The minimum atomic E-state index is -0.0163. The Hall–Kier alpha value is -2.33. The number of hydrogen-bond donors (Lipinski definition) is 1. The highest BCUT2D eigenvalue weighted by atomic mass is 16.5. The van der Waals surface area contributed by atoms with Crippen molar-refractivity contribution in [3.8, 4) is 5.75 Å². The fourth-order valence-electron chi connectivity index (χ4n) is 2.26. The highest BCUT2D eigenvalue weighted by Gasteiger charge is 2.15. The number of carbonyl (C=O) groups is 1. The van der Waals surface area contributed by atoms with E-state index >= 15 is 0 Å². The molecule has 2 aromatic rings. The molecule has 0 saturated carbocycles. The van der Waals surface area contributed by atoms with Crippen molar-refractivity contribution in [2.24, 2.45) is 5.73 Å². The molecule has 0 heterocycles. The maximum absolute atomic E-state index is 12.6. The van der Waals surface area contributed by atoms with E-state index in [9.17, 15) is 4.79 Å². The van der Waals surface area contributed by atoms with E-state index in [1.807, 2.05) is 49.4 Å². The van der Waals surface area contributed by atoms with Gasteiger partial charge in [-0.3, -0.25) is 4.79 Å². The Kier molecular flexibility index (Phi) is 5.98. The Morgan fingerprint density at radius 3 is 2.36 bits per heavy atom. The molecule has 0 aliphatic heterocycles. The first kappa shape index (κ1) is 16.0. The molecule has 2 N–H and O–H groups in total. The molecule has 0 atom stereocenters. The molecule has 0 fully saturated rings. The van der Waals surface area contributed by atoms with Crippen molar-refractivity contribution < 1.29 is 9.53 Å². The van der Waals surface area contributed by atoms with Gasteiger partial charge in [0.1, 0.15) is 5.75 Å². The topological polar surface area (TPSA) is 55.6 Å². The maximum atomic E-state index is 12.6. The van der Waals surface area contributed by atoms with Gasteiger partial charge in [-0.1, -0.05) is 30.3 Å². The first-order valence-electron chi connectivity index (χ1n) is 7.50. The minimum Gasteiger partial charge on any atom is -0.494 e. The Balaban J connectivity index is 2.11. The van der Waals surface area contributed by atoms with E-state index < -0.39 is 0 Å². The second-order valence-electron chi connectivity index (χ2n) is 4.96. The van der Waals surface area contributed by atoms with Crippen LogP contribution in [-0.2, 0) is 6.54 Å². The van der Waals surface area contributed by atoms with Gasteiger partial charge in [-0.2, -0.15) is 0 Å². The summed E-state index contributed by atoms with van der Waals surface area (Å²) < 4.78 is 5.40. The van der Waals surface area contributed by atoms with Crippen molar-refractivity contribution >= 4 is 5.91 Å². The maximum Gasteiger partial charge on any atom is 0.254 e.